The van der Waals surface area contributed by atoms with Crippen LogP contribution >= 0.6 is 0 Å². The summed E-state index contributed by atoms with van der Waals surface area (Å²) in [5.41, 5.74) is 1.60. The van der Waals surface area contributed by atoms with E-state index in [4.69, 9.17) is 9.47 Å². The summed E-state index contributed by atoms with van der Waals surface area (Å²) in [5.74, 6) is 0. The Morgan fingerprint density at radius 3 is 3.05 bits per heavy atom. The standard InChI is InChI=1S/C13H19N3O3/c1-13(2,3)19-12(17)16-8-4-10-9(5-14-15-10)11(16)7-18-6-8/h5,8,11H,4,6-7H2,1-3H3,(H,14,15). The van der Waals surface area contributed by atoms with Crippen LogP contribution in [0.5, 0.6) is 0 Å². The van der Waals surface area contributed by atoms with Crippen molar-refractivity contribution in [1.29, 1.82) is 0 Å². The van der Waals surface area contributed by atoms with Crippen LogP contribution in [-0.4, -0.2) is 46.0 Å². The van der Waals surface area contributed by atoms with Gasteiger partial charge in [0.15, 0.2) is 0 Å². The normalized spacial score (nSPS) is 25.9. The number of fused-ring (bicyclic) bond motifs is 4. The number of aromatic amines is 1. The Morgan fingerprint density at radius 2 is 2.32 bits per heavy atom. The first kappa shape index (κ1) is 12.5. The molecule has 1 N–H and O–H groups in total. The molecule has 0 saturated carbocycles. The number of hydrogen-bond acceptors (Lipinski definition) is 4. The van der Waals surface area contributed by atoms with Gasteiger partial charge in [-0.15, -0.1) is 0 Å². The summed E-state index contributed by atoms with van der Waals surface area (Å²) in [7, 11) is 0. The molecule has 1 aromatic rings. The van der Waals surface area contributed by atoms with Crippen LogP contribution < -0.4 is 0 Å². The van der Waals surface area contributed by atoms with Gasteiger partial charge in [0.1, 0.15) is 5.60 Å². The Morgan fingerprint density at radius 1 is 1.53 bits per heavy atom. The van der Waals surface area contributed by atoms with Gasteiger partial charge in [-0.3, -0.25) is 10.00 Å². The number of carbonyl (C=O) groups excluding carboxylic acids is 1. The topological polar surface area (TPSA) is 67.4 Å². The molecule has 1 fully saturated rings. The van der Waals surface area contributed by atoms with Gasteiger partial charge in [0.05, 0.1) is 31.0 Å². The van der Waals surface area contributed by atoms with E-state index in [2.05, 4.69) is 10.2 Å². The van der Waals surface area contributed by atoms with Crippen LogP contribution in [0.4, 0.5) is 4.79 Å². The van der Waals surface area contributed by atoms with Gasteiger partial charge < -0.3 is 9.47 Å². The minimum atomic E-state index is -0.483. The van der Waals surface area contributed by atoms with Gasteiger partial charge in [-0.05, 0) is 20.8 Å². The maximum atomic E-state index is 12.4. The molecular weight excluding hydrogens is 246 g/mol. The summed E-state index contributed by atoms with van der Waals surface area (Å²) in [4.78, 5) is 14.2. The van der Waals surface area contributed by atoms with Crippen molar-refractivity contribution in [2.75, 3.05) is 13.2 Å². The van der Waals surface area contributed by atoms with E-state index in [1.54, 1.807) is 0 Å². The van der Waals surface area contributed by atoms with E-state index in [9.17, 15) is 4.79 Å². The molecular formula is C13H19N3O3. The molecule has 6 heteroatoms. The molecule has 2 unspecified atom stereocenters. The molecule has 1 amide bonds. The van der Waals surface area contributed by atoms with Crippen molar-refractivity contribution in [3.8, 4) is 0 Å². The van der Waals surface area contributed by atoms with Crippen LogP contribution in [0.15, 0.2) is 6.20 Å². The number of aromatic nitrogens is 2. The highest BCUT2D eigenvalue weighted by atomic mass is 16.6. The first-order valence-electron chi connectivity index (χ1n) is 6.57. The minimum Gasteiger partial charge on any atom is -0.444 e. The summed E-state index contributed by atoms with van der Waals surface area (Å²) in [6.45, 7) is 6.68. The van der Waals surface area contributed by atoms with Gasteiger partial charge in [0, 0.05) is 18.2 Å². The molecule has 2 aliphatic heterocycles. The Kier molecular flexibility index (Phi) is 2.78. The number of carbonyl (C=O) groups is 1. The zero-order chi connectivity index (χ0) is 13.6. The maximum absolute atomic E-state index is 12.4. The molecule has 2 atom stereocenters. The third-order valence-electron chi connectivity index (χ3n) is 3.46. The predicted octanol–water partition coefficient (Wildman–Crippen LogP) is 1.64. The quantitative estimate of drug-likeness (QED) is 0.774. The molecule has 19 heavy (non-hydrogen) atoms. The van der Waals surface area contributed by atoms with E-state index >= 15 is 0 Å². The van der Waals surface area contributed by atoms with Crippen LogP contribution in [0.3, 0.4) is 0 Å². The van der Waals surface area contributed by atoms with Crippen LogP contribution in [0.2, 0.25) is 0 Å². The monoisotopic (exact) mass is 265 g/mol. The Hall–Kier alpha value is -1.56. The number of nitrogens with one attached hydrogen (secondary N) is 1. The molecule has 0 radical (unpaired) electrons. The summed E-state index contributed by atoms with van der Waals surface area (Å²) >= 11 is 0. The Bertz CT molecular complexity index is 492. The van der Waals surface area contributed by atoms with Crippen LogP contribution in [-0.2, 0) is 15.9 Å². The number of hydrogen-bond donors (Lipinski definition) is 1. The molecule has 2 bridgehead atoms. The van der Waals surface area contributed by atoms with Gasteiger partial charge >= 0.3 is 6.09 Å². The summed E-state index contributed by atoms with van der Waals surface area (Å²) in [6.07, 6.45) is 2.30. The number of rotatable bonds is 0. The highest BCUT2D eigenvalue weighted by Gasteiger charge is 2.43. The SMILES string of the molecule is CC(C)(C)OC(=O)N1C2COCC1c1c[nH]nc1C2. The highest BCUT2D eigenvalue weighted by Crippen LogP contribution is 2.36. The summed E-state index contributed by atoms with van der Waals surface area (Å²) < 4.78 is 11.1. The lowest BCUT2D eigenvalue weighted by atomic mass is 9.93. The van der Waals surface area contributed by atoms with Gasteiger partial charge in [-0.2, -0.15) is 5.10 Å². The zero-order valence-corrected chi connectivity index (χ0v) is 11.5. The zero-order valence-electron chi connectivity index (χ0n) is 11.5. The average Bonchev–Trinajstić information content (AvgIpc) is 2.73. The van der Waals surface area contributed by atoms with E-state index in [-0.39, 0.29) is 18.2 Å². The van der Waals surface area contributed by atoms with Crippen molar-refractivity contribution in [2.24, 2.45) is 0 Å². The number of ether oxygens (including phenoxy) is 2. The summed E-state index contributed by atoms with van der Waals surface area (Å²) in [6, 6.07) is -0.0690. The van der Waals surface area contributed by atoms with Crippen LogP contribution in [0.25, 0.3) is 0 Å². The highest BCUT2D eigenvalue weighted by molar-refractivity contribution is 5.70. The number of morpholine rings is 1. The van der Waals surface area contributed by atoms with Crippen molar-refractivity contribution >= 4 is 6.09 Å². The molecule has 104 valence electrons. The fourth-order valence-electron chi connectivity index (χ4n) is 2.72. The molecule has 1 aromatic heterocycles. The molecule has 3 heterocycles. The van der Waals surface area contributed by atoms with Crippen LogP contribution in [0, 0.1) is 0 Å². The lowest BCUT2D eigenvalue weighted by molar-refractivity contribution is -0.0675. The number of H-pyrrole nitrogens is 1. The van der Waals surface area contributed by atoms with Crippen molar-refractivity contribution in [3.63, 3.8) is 0 Å². The van der Waals surface area contributed by atoms with Gasteiger partial charge in [-0.25, -0.2) is 4.79 Å². The smallest absolute Gasteiger partial charge is 0.411 e. The van der Waals surface area contributed by atoms with Crippen molar-refractivity contribution in [2.45, 2.75) is 44.9 Å². The molecule has 0 spiro atoms. The second-order valence-corrected chi connectivity index (χ2v) is 6.09. The van der Waals surface area contributed by atoms with E-state index in [1.165, 1.54) is 0 Å². The Balaban J connectivity index is 1.88. The molecule has 1 saturated heterocycles. The fourth-order valence-corrected chi connectivity index (χ4v) is 2.72. The third-order valence-corrected chi connectivity index (χ3v) is 3.46. The van der Waals surface area contributed by atoms with E-state index < -0.39 is 5.60 Å². The lowest BCUT2D eigenvalue weighted by Crippen LogP contribution is -2.55. The van der Waals surface area contributed by atoms with Crippen LogP contribution in [0.1, 0.15) is 38.1 Å². The minimum absolute atomic E-state index is 0.0180. The number of amides is 1. The molecule has 2 aliphatic rings. The van der Waals surface area contributed by atoms with E-state index in [0.29, 0.717) is 19.6 Å². The third kappa shape index (κ3) is 2.20. The largest absolute Gasteiger partial charge is 0.444 e. The lowest BCUT2D eigenvalue weighted by Gasteiger charge is -2.44. The molecule has 3 rings (SSSR count). The van der Waals surface area contributed by atoms with Crippen molar-refractivity contribution in [3.05, 3.63) is 17.5 Å². The van der Waals surface area contributed by atoms with Gasteiger partial charge in [0.25, 0.3) is 0 Å². The van der Waals surface area contributed by atoms with Crippen molar-refractivity contribution in [1.82, 2.24) is 15.1 Å². The average molecular weight is 265 g/mol. The summed E-state index contributed by atoms with van der Waals surface area (Å²) in [5, 5.41) is 7.12. The molecule has 0 aromatic carbocycles. The van der Waals surface area contributed by atoms with E-state index in [1.807, 2.05) is 31.9 Å². The maximum Gasteiger partial charge on any atom is 0.411 e. The Labute approximate surface area is 112 Å². The predicted molar refractivity (Wildman–Crippen MR) is 67.7 cm³/mol. The second kappa shape index (κ2) is 4.23. The van der Waals surface area contributed by atoms with Gasteiger partial charge in [-0.1, -0.05) is 0 Å². The first-order chi connectivity index (χ1) is 8.96. The fraction of sp³-hybridized carbons (Fsp3) is 0.692. The number of nitrogens with zero attached hydrogens (tertiary/aromatic N) is 2. The molecule has 0 aliphatic carbocycles. The second-order valence-electron chi connectivity index (χ2n) is 6.09. The molecule has 6 nitrogen and oxygen atoms in total. The van der Waals surface area contributed by atoms with E-state index in [0.717, 1.165) is 11.3 Å². The van der Waals surface area contributed by atoms with Crippen molar-refractivity contribution < 1.29 is 14.3 Å². The first-order valence-corrected chi connectivity index (χ1v) is 6.57. The van der Waals surface area contributed by atoms with Gasteiger partial charge in [0.2, 0.25) is 0 Å².